The second-order valence-electron chi connectivity index (χ2n) is 7.37. The van der Waals surface area contributed by atoms with E-state index >= 15 is 0 Å². The number of aromatic hydroxyl groups is 2. The number of hydrogen-bond acceptors (Lipinski definition) is 4. The number of phenolic OH excluding ortho intramolecular Hbond substituents is 2. The molecule has 1 heterocycles. The van der Waals surface area contributed by atoms with E-state index in [1.807, 2.05) is 13.1 Å². The lowest BCUT2D eigenvalue weighted by Crippen LogP contribution is -2.10. The monoisotopic (exact) mass is 430 g/mol. The molecule has 1 aromatic heterocycles. The highest BCUT2D eigenvalue weighted by Gasteiger charge is 2.22. The first kappa shape index (κ1) is 22.6. The average Bonchev–Trinajstić information content (AvgIpc) is 3.23. The Labute approximate surface area is 186 Å². The molecule has 4 rings (SSSR count). The molecule has 6 heteroatoms. The van der Waals surface area contributed by atoms with Crippen LogP contribution in [-0.2, 0) is 6.42 Å². The lowest BCUT2D eigenvalue weighted by atomic mass is 9.83. The number of carboxylic acid groups (broad SMARTS) is 1. The van der Waals surface area contributed by atoms with Gasteiger partial charge < -0.3 is 20.3 Å². The van der Waals surface area contributed by atoms with Gasteiger partial charge in [0.15, 0.2) is 0 Å². The van der Waals surface area contributed by atoms with Gasteiger partial charge in [-0.05, 0) is 53.9 Å². The lowest BCUT2D eigenvalue weighted by Gasteiger charge is -2.21. The van der Waals surface area contributed by atoms with Gasteiger partial charge in [0.05, 0.1) is 5.56 Å². The third-order valence-corrected chi connectivity index (χ3v) is 5.05. The number of H-pyrrole nitrogens is 1. The van der Waals surface area contributed by atoms with Crippen molar-refractivity contribution < 1.29 is 20.1 Å². The number of imidazole rings is 1. The molecule has 0 fully saturated rings. The fraction of sp³-hybridized carbons (Fsp3) is 0.154. The second kappa shape index (κ2) is 10.3. The maximum atomic E-state index is 11.6. The van der Waals surface area contributed by atoms with Crippen LogP contribution in [0.1, 0.15) is 51.4 Å². The Balaban J connectivity index is 0.000000305. The van der Waals surface area contributed by atoms with E-state index in [4.69, 9.17) is 0 Å². The van der Waals surface area contributed by atoms with Crippen LogP contribution in [-0.4, -0.2) is 31.3 Å². The standard InChI is InChI=1S/C20H16O4.C6H10N2/c21-15-9-5-13(6-10-15)19(14-7-11-16(22)12-8-14)17-3-1-2-4-18(17)20(23)24;1-3-6-7-4-5(2)8-6/h1-12,19,21-22H,(H,23,24);4H,3H2,1-2H3,(H,7,8). The molecule has 0 spiro atoms. The number of aromatic amines is 1. The van der Waals surface area contributed by atoms with Crippen molar-refractivity contribution in [2.75, 3.05) is 0 Å². The predicted molar refractivity (Wildman–Crippen MR) is 123 cm³/mol. The second-order valence-corrected chi connectivity index (χ2v) is 7.37. The van der Waals surface area contributed by atoms with Crippen LogP contribution < -0.4 is 0 Å². The van der Waals surface area contributed by atoms with E-state index in [-0.39, 0.29) is 23.0 Å². The van der Waals surface area contributed by atoms with Crippen LogP contribution in [0.2, 0.25) is 0 Å². The minimum atomic E-state index is -0.992. The van der Waals surface area contributed by atoms with E-state index in [2.05, 4.69) is 16.9 Å². The van der Waals surface area contributed by atoms with Gasteiger partial charge in [0, 0.05) is 24.2 Å². The van der Waals surface area contributed by atoms with Crippen LogP contribution in [0.25, 0.3) is 0 Å². The third kappa shape index (κ3) is 5.55. The van der Waals surface area contributed by atoms with Gasteiger partial charge in [-0.1, -0.05) is 49.4 Å². The normalized spacial score (nSPS) is 10.5. The van der Waals surface area contributed by atoms with Crippen LogP contribution in [0.3, 0.4) is 0 Å². The van der Waals surface area contributed by atoms with E-state index in [1.54, 1.807) is 72.8 Å². The Morgan fingerprint density at radius 3 is 1.84 bits per heavy atom. The van der Waals surface area contributed by atoms with Crippen LogP contribution in [0.5, 0.6) is 11.5 Å². The van der Waals surface area contributed by atoms with Crippen molar-refractivity contribution in [1.82, 2.24) is 9.97 Å². The molecule has 4 N–H and O–H groups in total. The number of aromatic nitrogens is 2. The Bertz CT molecular complexity index is 1120. The summed E-state index contributed by atoms with van der Waals surface area (Å²) >= 11 is 0. The van der Waals surface area contributed by atoms with Crippen molar-refractivity contribution in [3.63, 3.8) is 0 Å². The quantitative estimate of drug-likeness (QED) is 0.323. The van der Waals surface area contributed by atoms with Crippen molar-refractivity contribution in [1.29, 1.82) is 0 Å². The summed E-state index contributed by atoms with van der Waals surface area (Å²) in [4.78, 5) is 18.8. The Kier molecular flexibility index (Phi) is 7.29. The van der Waals surface area contributed by atoms with Gasteiger partial charge >= 0.3 is 5.97 Å². The Morgan fingerprint density at radius 1 is 0.906 bits per heavy atom. The van der Waals surface area contributed by atoms with Gasteiger partial charge in [-0.15, -0.1) is 0 Å². The number of benzene rings is 3. The predicted octanol–water partition coefficient (Wildman–Crippen LogP) is 5.26. The van der Waals surface area contributed by atoms with Crippen molar-refractivity contribution in [2.24, 2.45) is 0 Å². The largest absolute Gasteiger partial charge is 0.508 e. The van der Waals surface area contributed by atoms with E-state index in [0.29, 0.717) is 5.56 Å². The molecule has 0 saturated heterocycles. The molecule has 0 saturated carbocycles. The third-order valence-electron chi connectivity index (χ3n) is 5.05. The fourth-order valence-corrected chi connectivity index (χ4v) is 3.48. The van der Waals surface area contributed by atoms with E-state index < -0.39 is 5.97 Å². The fourth-order valence-electron chi connectivity index (χ4n) is 3.48. The number of phenols is 2. The minimum Gasteiger partial charge on any atom is -0.508 e. The Hall–Kier alpha value is -4.06. The maximum absolute atomic E-state index is 11.6. The molecule has 0 aliphatic heterocycles. The van der Waals surface area contributed by atoms with Gasteiger partial charge in [0.25, 0.3) is 0 Å². The molecule has 0 bridgehead atoms. The van der Waals surface area contributed by atoms with Gasteiger partial charge in [-0.25, -0.2) is 9.78 Å². The molecule has 4 aromatic rings. The molecule has 3 aromatic carbocycles. The van der Waals surface area contributed by atoms with Crippen molar-refractivity contribution in [2.45, 2.75) is 26.2 Å². The van der Waals surface area contributed by atoms with E-state index in [0.717, 1.165) is 29.1 Å². The molecule has 0 aliphatic carbocycles. The highest BCUT2D eigenvalue weighted by Crippen LogP contribution is 2.35. The summed E-state index contributed by atoms with van der Waals surface area (Å²) < 4.78 is 0. The Morgan fingerprint density at radius 2 is 1.44 bits per heavy atom. The summed E-state index contributed by atoms with van der Waals surface area (Å²) in [5.41, 5.74) is 3.73. The van der Waals surface area contributed by atoms with Crippen LogP contribution in [0.4, 0.5) is 0 Å². The molecular formula is C26H26N2O4. The van der Waals surface area contributed by atoms with E-state index in [9.17, 15) is 20.1 Å². The van der Waals surface area contributed by atoms with Gasteiger partial charge in [-0.2, -0.15) is 0 Å². The first-order valence-corrected chi connectivity index (χ1v) is 10.3. The zero-order valence-electron chi connectivity index (χ0n) is 18.0. The smallest absolute Gasteiger partial charge is 0.335 e. The first-order valence-electron chi connectivity index (χ1n) is 10.3. The first-order chi connectivity index (χ1) is 15.4. The molecule has 0 atom stereocenters. The summed E-state index contributed by atoms with van der Waals surface area (Å²) in [5.74, 6) is 0.0543. The molecule has 32 heavy (non-hydrogen) atoms. The number of carbonyl (C=O) groups is 1. The zero-order chi connectivity index (χ0) is 23.1. The molecule has 164 valence electrons. The summed E-state index contributed by atoms with van der Waals surface area (Å²) in [6.45, 7) is 4.09. The van der Waals surface area contributed by atoms with Crippen LogP contribution in [0, 0.1) is 6.92 Å². The molecule has 6 nitrogen and oxygen atoms in total. The number of aryl methyl sites for hydroxylation is 2. The average molecular weight is 431 g/mol. The maximum Gasteiger partial charge on any atom is 0.335 e. The van der Waals surface area contributed by atoms with Crippen molar-refractivity contribution >= 4 is 5.97 Å². The van der Waals surface area contributed by atoms with Gasteiger partial charge in [0.2, 0.25) is 0 Å². The molecule has 0 radical (unpaired) electrons. The van der Waals surface area contributed by atoms with Crippen LogP contribution in [0.15, 0.2) is 79.0 Å². The summed E-state index contributed by atoms with van der Waals surface area (Å²) in [6.07, 6.45) is 2.84. The molecule has 0 unspecified atom stereocenters. The number of aromatic carboxylic acids is 1. The number of nitrogens with one attached hydrogen (secondary N) is 1. The lowest BCUT2D eigenvalue weighted by molar-refractivity contribution is 0.0695. The molecule has 0 aliphatic rings. The summed E-state index contributed by atoms with van der Waals surface area (Å²) in [6, 6.07) is 20.2. The van der Waals surface area contributed by atoms with Crippen molar-refractivity contribution in [3.8, 4) is 11.5 Å². The topological polar surface area (TPSA) is 106 Å². The van der Waals surface area contributed by atoms with Gasteiger partial charge in [0.1, 0.15) is 17.3 Å². The number of hydrogen-bond donors (Lipinski definition) is 4. The SMILES string of the molecule is CCc1ncc(C)[nH]1.O=C(O)c1ccccc1C(c1ccc(O)cc1)c1ccc(O)cc1. The van der Waals surface area contributed by atoms with Crippen LogP contribution >= 0.6 is 0 Å². The zero-order valence-corrected chi connectivity index (χ0v) is 18.0. The summed E-state index contributed by atoms with van der Waals surface area (Å²) in [7, 11) is 0. The minimum absolute atomic E-state index is 0.148. The molecular weight excluding hydrogens is 404 g/mol. The highest BCUT2D eigenvalue weighted by atomic mass is 16.4. The van der Waals surface area contributed by atoms with Gasteiger partial charge in [-0.3, -0.25) is 0 Å². The van der Waals surface area contributed by atoms with E-state index in [1.165, 1.54) is 0 Å². The molecule has 0 amide bonds. The number of carboxylic acids is 1. The number of rotatable bonds is 5. The van der Waals surface area contributed by atoms with Crippen molar-refractivity contribution in [3.05, 3.63) is 113 Å². The number of nitrogens with zero attached hydrogens (tertiary/aromatic N) is 1. The summed E-state index contributed by atoms with van der Waals surface area (Å²) in [5, 5.41) is 28.6. The highest BCUT2D eigenvalue weighted by molar-refractivity contribution is 5.90.